The van der Waals surface area contributed by atoms with Crippen molar-refractivity contribution in [2.24, 2.45) is 11.8 Å². The molecular formula is C27H44N4O5S. The van der Waals surface area contributed by atoms with Crippen LogP contribution in [-0.4, -0.2) is 62.9 Å². The Kier molecular flexibility index (Phi) is 9.30. The van der Waals surface area contributed by atoms with Crippen molar-refractivity contribution < 1.29 is 22.7 Å². The highest BCUT2D eigenvalue weighted by Crippen LogP contribution is 2.34. The maximum Gasteiger partial charge on any atom is 0.223 e. The molecule has 2 saturated heterocycles. The molecule has 4 rings (SSSR count). The number of carbonyl (C=O) groups is 1. The number of sulfonamides is 1. The maximum absolute atomic E-state index is 14.0. The SMILES string of the molecule is COCN1C2NC(CC(c3c(C)cccc3C)N2)OC[C@@H](CC(C)C)NC(=O)C2CCCC(C2)S1(=O)=O. The molecule has 3 fully saturated rings. The van der Waals surface area contributed by atoms with E-state index in [2.05, 4.69) is 55.8 Å². The molecule has 3 aliphatic rings. The van der Waals surface area contributed by atoms with Crippen molar-refractivity contribution in [3.05, 3.63) is 34.9 Å². The minimum atomic E-state index is -3.78. The molecule has 4 bridgehead atoms. The normalized spacial score (nSPS) is 33.2. The third kappa shape index (κ3) is 6.54. The third-order valence-corrected chi connectivity index (χ3v) is 10.2. The number of hydrogen-bond acceptors (Lipinski definition) is 7. The van der Waals surface area contributed by atoms with Crippen LogP contribution in [0.25, 0.3) is 0 Å². The van der Waals surface area contributed by atoms with Gasteiger partial charge in [0.2, 0.25) is 15.9 Å². The number of rotatable bonds is 5. The van der Waals surface area contributed by atoms with Gasteiger partial charge in [-0.2, -0.15) is 0 Å². The van der Waals surface area contributed by atoms with E-state index in [1.54, 1.807) is 0 Å². The van der Waals surface area contributed by atoms with E-state index in [1.165, 1.54) is 11.4 Å². The van der Waals surface area contributed by atoms with Gasteiger partial charge in [-0.25, -0.2) is 8.42 Å². The van der Waals surface area contributed by atoms with Crippen molar-refractivity contribution in [1.82, 2.24) is 20.3 Å². The predicted octanol–water partition coefficient (Wildman–Crippen LogP) is 2.89. The van der Waals surface area contributed by atoms with Crippen LogP contribution in [0.2, 0.25) is 0 Å². The summed E-state index contributed by atoms with van der Waals surface area (Å²) in [6.07, 6.45) is 2.57. The molecule has 0 aromatic heterocycles. The summed E-state index contributed by atoms with van der Waals surface area (Å²) in [5.74, 6) is 0.00232. The van der Waals surface area contributed by atoms with Crippen LogP contribution in [-0.2, 0) is 24.3 Å². The molecule has 2 heterocycles. The van der Waals surface area contributed by atoms with E-state index >= 15 is 0 Å². The molecule has 5 unspecified atom stereocenters. The number of aryl methyl sites for hydroxylation is 2. The highest BCUT2D eigenvalue weighted by Gasteiger charge is 2.44. The fourth-order valence-corrected chi connectivity index (χ4v) is 8.17. The lowest BCUT2D eigenvalue weighted by Gasteiger charge is -2.43. The molecule has 208 valence electrons. The van der Waals surface area contributed by atoms with Crippen LogP contribution in [0.1, 0.15) is 75.1 Å². The zero-order valence-electron chi connectivity index (χ0n) is 22.8. The lowest BCUT2D eigenvalue weighted by atomic mass is 9.88. The third-order valence-electron chi connectivity index (χ3n) is 7.93. The van der Waals surface area contributed by atoms with Gasteiger partial charge in [-0.05, 0) is 62.1 Å². The average Bonchev–Trinajstić information content (AvgIpc) is 2.85. The number of ether oxygens (including phenoxy) is 2. The van der Waals surface area contributed by atoms with Crippen LogP contribution in [0.5, 0.6) is 0 Å². The zero-order chi connectivity index (χ0) is 26.7. The maximum atomic E-state index is 14.0. The predicted molar refractivity (Wildman–Crippen MR) is 143 cm³/mol. The number of amides is 1. The van der Waals surface area contributed by atoms with E-state index < -0.39 is 27.8 Å². The Hall–Kier alpha value is -1.56. The van der Waals surface area contributed by atoms with E-state index in [4.69, 9.17) is 9.47 Å². The lowest BCUT2D eigenvalue weighted by molar-refractivity contribution is -0.127. The van der Waals surface area contributed by atoms with Crippen molar-refractivity contribution >= 4 is 15.9 Å². The first-order valence-corrected chi connectivity index (χ1v) is 15.1. The molecule has 1 saturated carbocycles. The summed E-state index contributed by atoms with van der Waals surface area (Å²) in [5.41, 5.74) is 3.46. The van der Waals surface area contributed by atoms with E-state index in [-0.39, 0.29) is 30.6 Å². The van der Waals surface area contributed by atoms with Gasteiger partial charge in [0, 0.05) is 25.5 Å². The van der Waals surface area contributed by atoms with Crippen LogP contribution >= 0.6 is 0 Å². The van der Waals surface area contributed by atoms with E-state index in [0.717, 1.165) is 23.1 Å². The number of nitrogens with zero attached hydrogens (tertiary/aromatic N) is 1. The van der Waals surface area contributed by atoms with E-state index in [0.29, 0.717) is 44.6 Å². The molecular weight excluding hydrogens is 492 g/mol. The average molecular weight is 537 g/mol. The molecule has 6 atom stereocenters. The van der Waals surface area contributed by atoms with Crippen LogP contribution in [0.15, 0.2) is 18.2 Å². The first-order chi connectivity index (χ1) is 17.6. The highest BCUT2D eigenvalue weighted by atomic mass is 32.2. The standard InChI is InChI=1S/C27H44N4O5S/c1-17(2)12-21-15-36-24-14-23(25-18(3)8-6-9-19(25)4)29-27(30-24)31(16-35-5)37(33,34)22-11-7-10-20(13-22)26(32)28-21/h6,8-9,17,20-24,27,29-30H,7,10-16H2,1-5H3,(H,28,32)/t20?,21-,22?,23?,24?,27?/m1/s1. The molecule has 0 radical (unpaired) electrons. The number of fused-ring (bicyclic) bond motifs is 4. The summed E-state index contributed by atoms with van der Waals surface area (Å²) in [5, 5.41) is 9.52. The van der Waals surface area contributed by atoms with Gasteiger partial charge in [-0.15, -0.1) is 4.31 Å². The topological polar surface area (TPSA) is 109 Å². The van der Waals surface area contributed by atoms with Crippen LogP contribution in [0, 0.1) is 25.7 Å². The summed E-state index contributed by atoms with van der Waals surface area (Å²) in [7, 11) is -2.28. The number of methoxy groups -OCH3 is 1. The molecule has 1 aromatic carbocycles. The number of hydrogen-bond donors (Lipinski definition) is 3. The Balaban J connectivity index is 1.73. The summed E-state index contributed by atoms with van der Waals surface area (Å²) < 4.78 is 41.2. The van der Waals surface area contributed by atoms with Crippen LogP contribution in [0.3, 0.4) is 0 Å². The second kappa shape index (κ2) is 12.1. The fourth-order valence-electron chi connectivity index (χ4n) is 6.18. The minimum Gasteiger partial charge on any atom is -0.368 e. The number of carbonyl (C=O) groups excluding carboxylic acids is 1. The summed E-state index contributed by atoms with van der Waals surface area (Å²) in [6, 6.07) is 5.96. The van der Waals surface area contributed by atoms with Crippen molar-refractivity contribution in [2.75, 3.05) is 20.4 Å². The Morgan fingerprint density at radius 2 is 1.86 bits per heavy atom. The highest BCUT2D eigenvalue weighted by molar-refractivity contribution is 7.89. The van der Waals surface area contributed by atoms with Gasteiger partial charge in [0.25, 0.3) is 0 Å². The summed E-state index contributed by atoms with van der Waals surface area (Å²) in [6.45, 7) is 8.70. The smallest absolute Gasteiger partial charge is 0.223 e. The van der Waals surface area contributed by atoms with Gasteiger partial charge < -0.3 is 14.8 Å². The molecule has 0 spiro atoms. The Labute approximate surface area is 222 Å². The second-order valence-corrected chi connectivity index (χ2v) is 13.5. The quantitative estimate of drug-likeness (QED) is 0.531. The fraction of sp³-hybridized carbons (Fsp3) is 0.741. The van der Waals surface area contributed by atoms with Crippen LogP contribution < -0.4 is 16.0 Å². The molecule has 2 aliphatic heterocycles. The molecule has 9 nitrogen and oxygen atoms in total. The van der Waals surface area contributed by atoms with Gasteiger partial charge in [0.05, 0.1) is 17.9 Å². The number of benzene rings is 1. The van der Waals surface area contributed by atoms with Crippen molar-refractivity contribution in [3.8, 4) is 0 Å². The summed E-state index contributed by atoms with van der Waals surface area (Å²) in [4.78, 5) is 13.2. The molecule has 1 amide bonds. The van der Waals surface area contributed by atoms with E-state index in [9.17, 15) is 13.2 Å². The number of nitrogens with one attached hydrogen (secondary N) is 3. The molecule has 37 heavy (non-hydrogen) atoms. The van der Waals surface area contributed by atoms with Gasteiger partial charge >= 0.3 is 0 Å². The van der Waals surface area contributed by atoms with Crippen molar-refractivity contribution in [2.45, 2.75) is 96.1 Å². The lowest BCUT2D eigenvalue weighted by Crippen LogP contribution is -2.65. The van der Waals surface area contributed by atoms with Gasteiger partial charge in [-0.3, -0.25) is 15.4 Å². The zero-order valence-corrected chi connectivity index (χ0v) is 23.6. The van der Waals surface area contributed by atoms with Gasteiger partial charge in [-0.1, -0.05) is 38.5 Å². The first kappa shape index (κ1) is 28.4. The van der Waals surface area contributed by atoms with Crippen molar-refractivity contribution in [1.29, 1.82) is 0 Å². The van der Waals surface area contributed by atoms with Gasteiger partial charge in [0.1, 0.15) is 19.2 Å². The molecule has 1 aromatic rings. The Bertz CT molecular complexity index is 1030. The minimum absolute atomic E-state index is 0.0610. The Morgan fingerprint density at radius 1 is 1.14 bits per heavy atom. The monoisotopic (exact) mass is 536 g/mol. The van der Waals surface area contributed by atoms with Gasteiger partial charge in [0.15, 0.2) is 0 Å². The first-order valence-electron chi connectivity index (χ1n) is 13.6. The summed E-state index contributed by atoms with van der Waals surface area (Å²) >= 11 is 0. The molecule has 3 N–H and O–H groups in total. The second-order valence-electron chi connectivity index (χ2n) is 11.3. The van der Waals surface area contributed by atoms with Crippen LogP contribution in [0.4, 0.5) is 0 Å². The van der Waals surface area contributed by atoms with E-state index in [1.807, 2.05) is 6.07 Å². The largest absolute Gasteiger partial charge is 0.368 e. The van der Waals surface area contributed by atoms with Crippen molar-refractivity contribution in [3.63, 3.8) is 0 Å². The molecule has 10 heteroatoms. The molecule has 1 aliphatic carbocycles. The Morgan fingerprint density at radius 3 is 2.54 bits per heavy atom.